The average Bonchev–Trinajstić information content (AvgIpc) is 2.68. The Hall–Kier alpha value is -3.48. The summed E-state index contributed by atoms with van der Waals surface area (Å²) in [5, 5.41) is 1.93. The largest absolute Gasteiger partial charge is 0.437 e. The van der Waals surface area contributed by atoms with Crippen molar-refractivity contribution in [2.45, 2.75) is 6.18 Å². The number of alkyl halides is 3. The zero-order valence-corrected chi connectivity index (χ0v) is 13.8. The molecule has 0 N–H and O–H groups in total. The van der Waals surface area contributed by atoms with Gasteiger partial charge in [-0.25, -0.2) is 9.97 Å². The summed E-state index contributed by atoms with van der Waals surface area (Å²) in [5.41, 5.74) is 0.629. The van der Waals surface area contributed by atoms with Gasteiger partial charge in [0.25, 0.3) is 0 Å². The lowest BCUT2D eigenvalue weighted by Crippen LogP contribution is -2.07. The quantitative estimate of drug-likeness (QED) is 0.479. The molecule has 0 radical (unpaired) electrons. The van der Waals surface area contributed by atoms with Crippen molar-refractivity contribution in [2.24, 2.45) is 0 Å². The predicted molar refractivity (Wildman–Crippen MR) is 94.3 cm³/mol. The minimum Gasteiger partial charge on any atom is -0.437 e. The van der Waals surface area contributed by atoms with Crippen LogP contribution < -0.4 is 4.74 Å². The summed E-state index contributed by atoms with van der Waals surface area (Å²) in [4.78, 5) is 11.8. The smallest absolute Gasteiger partial charge is 0.433 e. The van der Waals surface area contributed by atoms with E-state index in [9.17, 15) is 13.2 Å². The van der Waals surface area contributed by atoms with Gasteiger partial charge in [0.2, 0.25) is 5.88 Å². The third kappa shape index (κ3) is 3.44. The van der Waals surface area contributed by atoms with E-state index in [-0.39, 0.29) is 11.6 Å². The van der Waals surface area contributed by atoms with Crippen molar-refractivity contribution >= 4 is 10.8 Å². The minimum absolute atomic E-state index is 0.171. The molecule has 1 aromatic carbocycles. The van der Waals surface area contributed by atoms with Gasteiger partial charge in [-0.05, 0) is 41.3 Å². The molecule has 4 aromatic rings. The van der Waals surface area contributed by atoms with Gasteiger partial charge in [0.15, 0.2) is 0 Å². The average molecular weight is 367 g/mol. The van der Waals surface area contributed by atoms with Crippen LogP contribution in [-0.2, 0) is 6.18 Å². The van der Waals surface area contributed by atoms with Crippen LogP contribution in [0.4, 0.5) is 13.2 Å². The zero-order chi connectivity index (χ0) is 18.9. The maximum Gasteiger partial charge on any atom is 0.433 e. The second kappa shape index (κ2) is 6.68. The third-order valence-corrected chi connectivity index (χ3v) is 3.98. The van der Waals surface area contributed by atoms with Gasteiger partial charge in [-0.3, -0.25) is 4.98 Å². The van der Waals surface area contributed by atoms with Crippen molar-refractivity contribution < 1.29 is 17.9 Å². The van der Waals surface area contributed by atoms with E-state index in [1.54, 1.807) is 24.7 Å². The fourth-order valence-corrected chi connectivity index (χ4v) is 2.75. The lowest BCUT2D eigenvalue weighted by atomic mass is 10.0. The molecular weight excluding hydrogens is 355 g/mol. The van der Waals surface area contributed by atoms with E-state index in [0.717, 1.165) is 28.6 Å². The Balaban J connectivity index is 1.74. The van der Waals surface area contributed by atoms with Crippen LogP contribution in [-0.4, -0.2) is 15.0 Å². The number of hydrogen-bond acceptors (Lipinski definition) is 4. The van der Waals surface area contributed by atoms with Crippen LogP contribution in [0.25, 0.3) is 21.9 Å². The summed E-state index contributed by atoms with van der Waals surface area (Å²) in [5.74, 6) is 0.452. The topological polar surface area (TPSA) is 47.9 Å². The first kappa shape index (κ1) is 17.0. The number of halogens is 3. The van der Waals surface area contributed by atoms with Crippen molar-refractivity contribution in [1.82, 2.24) is 15.0 Å². The highest BCUT2D eigenvalue weighted by atomic mass is 19.4. The van der Waals surface area contributed by atoms with E-state index in [1.807, 2.05) is 30.3 Å². The van der Waals surface area contributed by atoms with Crippen LogP contribution in [0.5, 0.6) is 11.6 Å². The maximum atomic E-state index is 12.7. The van der Waals surface area contributed by atoms with Crippen molar-refractivity contribution in [2.75, 3.05) is 0 Å². The fourth-order valence-electron chi connectivity index (χ4n) is 2.75. The van der Waals surface area contributed by atoms with E-state index in [4.69, 9.17) is 4.74 Å². The lowest BCUT2D eigenvalue weighted by molar-refractivity contribution is -0.141. The van der Waals surface area contributed by atoms with Crippen molar-refractivity contribution in [3.8, 4) is 22.8 Å². The summed E-state index contributed by atoms with van der Waals surface area (Å²) in [6, 6.07) is 13.4. The summed E-state index contributed by atoms with van der Waals surface area (Å²) < 4.78 is 43.7. The molecule has 0 saturated carbocycles. The second-order valence-corrected chi connectivity index (χ2v) is 5.74. The standard InChI is InChI=1S/C20H12F3N3O/c21-20(22,23)18-7-6-14(12-26-18)27-19-17(5-2-9-25-19)16-4-1-3-13-11-24-10-8-15(13)16/h1-12H. The van der Waals surface area contributed by atoms with Crippen molar-refractivity contribution in [3.05, 3.63) is 79.0 Å². The Labute approximate surface area is 152 Å². The molecule has 4 nitrogen and oxygen atoms in total. The number of aromatic nitrogens is 3. The van der Waals surface area contributed by atoms with Gasteiger partial charge in [0.1, 0.15) is 11.4 Å². The zero-order valence-electron chi connectivity index (χ0n) is 13.8. The number of fused-ring (bicyclic) bond motifs is 1. The Bertz CT molecular complexity index is 1090. The highest BCUT2D eigenvalue weighted by Crippen LogP contribution is 2.36. The van der Waals surface area contributed by atoms with Gasteiger partial charge in [-0.15, -0.1) is 0 Å². The second-order valence-electron chi connectivity index (χ2n) is 5.74. The van der Waals surface area contributed by atoms with Crippen LogP contribution in [0.1, 0.15) is 5.69 Å². The highest BCUT2D eigenvalue weighted by Gasteiger charge is 2.32. The molecule has 0 spiro atoms. The minimum atomic E-state index is -4.49. The van der Waals surface area contributed by atoms with Gasteiger partial charge in [-0.1, -0.05) is 18.2 Å². The first-order valence-electron chi connectivity index (χ1n) is 8.01. The number of nitrogens with zero attached hydrogens (tertiary/aromatic N) is 3. The maximum absolute atomic E-state index is 12.7. The number of benzene rings is 1. The summed E-state index contributed by atoms with van der Waals surface area (Å²) >= 11 is 0. The fraction of sp³-hybridized carbons (Fsp3) is 0.0500. The molecule has 134 valence electrons. The number of ether oxygens (including phenoxy) is 1. The molecule has 4 rings (SSSR count). The Morgan fingerprint density at radius 2 is 1.63 bits per heavy atom. The number of rotatable bonds is 3. The van der Waals surface area contributed by atoms with Gasteiger partial charge < -0.3 is 4.74 Å². The van der Waals surface area contributed by atoms with Crippen molar-refractivity contribution in [3.63, 3.8) is 0 Å². The Kier molecular flexibility index (Phi) is 4.19. The molecule has 0 unspecified atom stereocenters. The SMILES string of the molecule is FC(F)(F)c1ccc(Oc2ncccc2-c2cccc3cnccc23)cn1. The summed E-state index contributed by atoms with van der Waals surface area (Å²) in [6.45, 7) is 0. The van der Waals surface area contributed by atoms with E-state index in [0.29, 0.717) is 5.56 Å². The van der Waals surface area contributed by atoms with Crippen LogP contribution >= 0.6 is 0 Å². The van der Waals surface area contributed by atoms with Crippen LogP contribution in [0.3, 0.4) is 0 Å². The third-order valence-electron chi connectivity index (χ3n) is 3.98. The molecule has 0 aliphatic carbocycles. The first-order valence-corrected chi connectivity index (χ1v) is 8.01. The van der Waals surface area contributed by atoms with E-state index >= 15 is 0 Å². The Morgan fingerprint density at radius 1 is 0.778 bits per heavy atom. The molecule has 0 aliphatic rings. The molecule has 0 aliphatic heterocycles. The molecule has 0 bridgehead atoms. The van der Waals surface area contributed by atoms with Crippen LogP contribution in [0.15, 0.2) is 73.3 Å². The highest BCUT2D eigenvalue weighted by molar-refractivity contribution is 5.97. The van der Waals surface area contributed by atoms with Crippen molar-refractivity contribution in [1.29, 1.82) is 0 Å². The normalized spacial score (nSPS) is 11.5. The number of hydrogen-bond donors (Lipinski definition) is 0. The predicted octanol–water partition coefficient (Wildman–Crippen LogP) is 5.50. The summed E-state index contributed by atoms with van der Waals surface area (Å²) in [7, 11) is 0. The number of pyridine rings is 3. The van der Waals surface area contributed by atoms with E-state index in [2.05, 4.69) is 15.0 Å². The molecule has 7 heteroatoms. The van der Waals surface area contributed by atoms with Gasteiger partial charge in [-0.2, -0.15) is 13.2 Å². The molecule has 27 heavy (non-hydrogen) atoms. The molecule has 0 saturated heterocycles. The summed E-state index contributed by atoms with van der Waals surface area (Å²) in [6.07, 6.45) is 1.56. The molecule has 3 aromatic heterocycles. The molecular formula is C20H12F3N3O. The van der Waals surface area contributed by atoms with E-state index in [1.165, 1.54) is 6.07 Å². The van der Waals surface area contributed by atoms with E-state index < -0.39 is 11.9 Å². The van der Waals surface area contributed by atoms with Crippen LogP contribution in [0, 0.1) is 0 Å². The lowest BCUT2D eigenvalue weighted by Gasteiger charge is -2.12. The monoisotopic (exact) mass is 367 g/mol. The molecule has 0 fully saturated rings. The molecule has 0 atom stereocenters. The van der Waals surface area contributed by atoms with Gasteiger partial charge >= 0.3 is 6.18 Å². The molecule has 3 heterocycles. The van der Waals surface area contributed by atoms with Gasteiger partial charge in [0, 0.05) is 29.5 Å². The molecule has 0 amide bonds. The van der Waals surface area contributed by atoms with Gasteiger partial charge in [0.05, 0.1) is 6.20 Å². The Morgan fingerprint density at radius 3 is 2.41 bits per heavy atom. The van der Waals surface area contributed by atoms with Crippen LogP contribution in [0.2, 0.25) is 0 Å². The first-order chi connectivity index (χ1) is 13.0.